The predicted molar refractivity (Wildman–Crippen MR) is 67.2 cm³/mol. The Morgan fingerprint density at radius 1 is 1.24 bits per heavy atom. The summed E-state index contributed by atoms with van der Waals surface area (Å²) in [7, 11) is 0. The molecule has 0 bridgehead atoms. The van der Waals surface area contributed by atoms with E-state index in [0.29, 0.717) is 0 Å². The van der Waals surface area contributed by atoms with E-state index >= 15 is 0 Å². The highest BCUT2D eigenvalue weighted by Crippen LogP contribution is 2.22. The number of hydrogen-bond donors (Lipinski definition) is 1. The number of hydrogen-bond acceptors (Lipinski definition) is 1. The Hall–Kier alpha value is -1.09. The van der Waals surface area contributed by atoms with Crippen molar-refractivity contribution >= 4 is 17.5 Å². The summed E-state index contributed by atoms with van der Waals surface area (Å²) >= 11 is 5.33. The molecule has 0 saturated heterocycles. The van der Waals surface area contributed by atoms with Crippen LogP contribution in [0.2, 0.25) is 5.02 Å². The Labute approximate surface area is 106 Å². The van der Waals surface area contributed by atoms with Crippen molar-refractivity contribution < 1.29 is 9.18 Å². The molecule has 17 heavy (non-hydrogen) atoms. The Morgan fingerprint density at radius 2 is 1.82 bits per heavy atom. The normalized spacial score (nSPS) is 15.9. The summed E-state index contributed by atoms with van der Waals surface area (Å²) < 4.78 is 12.2. The van der Waals surface area contributed by atoms with Gasteiger partial charge in [-0.15, -0.1) is 0 Å². The van der Waals surface area contributed by atoms with Crippen LogP contribution >= 0.6 is 11.6 Å². The Morgan fingerprint density at radius 3 is 2.18 bits per heavy atom. The van der Waals surface area contributed by atoms with Gasteiger partial charge in [-0.25, -0.2) is 4.39 Å². The maximum absolute atomic E-state index is 12.2. The van der Waals surface area contributed by atoms with E-state index in [0.717, 1.165) is 12.8 Å². The largest absolute Gasteiger partial charge is 0.369 e. The predicted octanol–water partition coefficient (Wildman–Crippen LogP) is 3.53. The molecule has 0 heterocycles. The monoisotopic (exact) mass is 257 g/mol. The van der Waals surface area contributed by atoms with Gasteiger partial charge in [0.25, 0.3) is 0 Å². The van der Waals surface area contributed by atoms with Crippen LogP contribution in [0.3, 0.4) is 0 Å². The van der Waals surface area contributed by atoms with Crippen molar-refractivity contribution in [1.82, 2.24) is 0 Å². The Bertz CT molecular complexity index is 343. The molecule has 1 aromatic carbocycles. The van der Waals surface area contributed by atoms with Crippen molar-refractivity contribution in [3.63, 3.8) is 0 Å². The molecule has 1 aromatic rings. The summed E-state index contributed by atoms with van der Waals surface area (Å²) in [5.74, 6) is -0.275. The van der Waals surface area contributed by atoms with Gasteiger partial charge in [0.05, 0.1) is 5.02 Å². The zero-order chi connectivity index (χ0) is 12.7. The van der Waals surface area contributed by atoms with E-state index in [1.807, 2.05) is 0 Å². The summed E-state index contributed by atoms with van der Waals surface area (Å²) in [6, 6.07) is 6.12. The average Bonchev–Trinajstić information content (AvgIpc) is 2.35. The number of carbonyl (C=O) groups excluding carboxylic acids is 1. The van der Waals surface area contributed by atoms with Crippen LogP contribution in [0.5, 0.6) is 0 Å². The lowest BCUT2D eigenvalue weighted by Crippen LogP contribution is -2.24. The Balaban J connectivity index is 0.000000171. The third-order valence-corrected chi connectivity index (χ3v) is 3.14. The molecule has 0 aliphatic heterocycles. The van der Waals surface area contributed by atoms with Crippen LogP contribution in [0.4, 0.5) is 4.39 Å². The standard InChI is InChI=1S/C7H13NO.C6H4ClF/c8-7(9)6-4-2-1-3-5-6;7-5-3-1-2-4-6(5)8/h6H,1-5H2,(H2,8,9);1-4H. The first-order chi connectivity index (χ1) is 8.11. The minimum Gasteiger partial charge on any atom is -0.369 e. The molecule has 0 atom stereocenters. The highest BCUT2D eigenvalue weighted by atomic mass is 35.5. The van der Waals surface area contributed by atoms with Crippen LogP contribution in [0.1, 0.15) is 32.1 Å². The maximum Gasteiger partial charge on any atom is 0.220 e. The fourth-order valence-electron chi connectivity index (χ4n) is 1.83. The lowest BCUT2D eigenvalue weighted by Gasteiger charge is -2.17. The molecule has 2 N–H and O–H groups in total. The first-order valence-corrected chi connectivity index (χ1v) is 6.18. The molecule has 0 radical (unpaired) electrons. The van der Waals surface area contributed by atoms with Crippen molar-refractivity contribution in [2.24, 2.45) is 11.7 Å². The highest BCUT2D eigenvalue weighted by Gasteiger charge is 2.17. The van der Waals surface area contributed by atoms with Gasteiger partial charge in [-0.2, -0.15) is 0 Å². The molecule has 2 rings (SSSR count). The highest BCUT2D eigenvalue weighted by molar-refractivity contribution is 6.30. The second kappa shape index (κ2) is 7.28. The van der Waals surface area contributed by atoms with Crippen LogP contribution in [0, 0.1) is 11.7 Å². The molecule has 1 saturated carbocycles. The van der Waals surface area contributed by atoms with Crippen LogP contribution in [-0.2, 0) is 4.79 Å². The van der Waals surface area contributed by atoms with E-state index in [4.69, 9.17) is 17.3 Å². The summed E-state index contributed by atoms with van der Waals surface area (Å²) in [6.07, 6.45) is 5.70. The van der Waals surface area contributed by atoms with E-state index in [1.54, 1.807) is 12.1 Å². The molecule has 0 unspecified atom stereocenters. The third kappa shape index (κ3) is 5.18. The Kier molecular flexibility index (Phi) is 5.98. The molecule has 4 heteroatoms. The zero-order valence-electron chi connectivity index (χ0n) is 9.66. The van der Waals surface area contributed by atoms with Gasteiger partial charge in [0.15, 0.2) is 0 Å². The van der Waals surface area contributed by atoms with E-state index in [9.17, 15) is 9.18 Å². The molecule has 0 spiro atoms. The number of nitrogens with two attached hydrogens (primary N) is 1. The summed E-state index contributed by atoms with van der Waals surface area (Å²) in [6.45, 7) is 0. The van der Waals surface area contributed by atoms with Gasteiger partial charge in [0.1, 0.15) is 5.82 Å². The lowest BCUT2D eigenvalue weighted by atomic mass is 9.89. The number of carbonyl (C=O) groups is 1. The summed E-state index contributed by atoms with van der Waals surface area (Å²) in [5.41, 5.74) is 5.13. The number of primary amides is 1. The third-order valence-electron chi connectivity index (χ3n) is 2.83. The smallest absolute Gasteiger partial charge is 0.220 e. The van der Waals surface area contributed by atoms with Crippen molar-refractivity contribution in [1.29, 1.82) is 0 Å². The summed E-state index contributed by atoms with van der Waals surface area (Å²) in [5, 5.41) is 0.174. The van der Waals surface area contributed by atoms with Crippen molar-refractivity contribution in [3.05, 3.63) is 35.1 Å². The van der Waals surface area contributed by atoms with Crippen LogP contribution < -0.4 is 5.73 Å². The molecular formula is C13H17ClFNO. The second-order valence-electron chi connectivity index (χ2n) is 4.15. The molecule has 94 valence electrons. The molecule has 0 aromatic heterocycles. The summed E-state index contributed by atoms with van der Waals surface area (Å²) in [4.78, 5) is 10.6. The van der Waals surface area contributed by atoms with Gasteiger partial charge in [-0.1, -0.05) is 43.0 Å². The lowest BCUT2D eigenvalue weighted by molar-refractivity contribution is -0.122. The molecule has 1 aliphatic rings. The van der Waals surface area contributed by atoms with E-state index < -0.39 is 0 Å². The fourth-order valence-corrected chi connectivity index (χ4v) is 1.96. The minimum absolute atomic E-state index is 0.102. The SMILES string of the molecule is Fc1ccccc1Cl.NC(=O)C1CCCCC1. The first-order valence-electron chi connectivity index (χ1n) is 5.80. The van der Waals surface area contributed by atoms with Gasteiger partial charge in [0, 0.05) is 5.92 Å². The van der Waals surface area contributed by atoms with E-state index in [2.05, 4.69) is 0 Å². The quantitative estimate of drug-likeness (QED) is 0.822. The van der Waals surface area contributed by atoms with Crippen LogP contribution in [-0.4, -0.2) is 5.91 Å². The molecule has 1 amide bonds. The van der Waals surface area contributed by atoms with Gasteiger partial charge < -0.3 is 5.73 Å². The zero-order valence-corrected chi connectivity index (χ0v) is 10.4. The van der Waals surface area contributed by atoms with Crippen LogP contribution in [0.25, 0.3) is 0 Å². The van der Waals surface area contributed by atoms with Gasteiger partial charge in [-0.3, -0.25) is 4.79 Å². The average molecular weight is 258 g/mol. The molecule has 2 nitrogen and oxygen atoms in total. The van der Waals surface area contributed by atoms with Crippen molar-refractivity contribution in [3.8, 4) is 0 Å². The van der Waals surface area contributed by atoms with Gasteiger partial charge in [-0.05, 0) is 25.0 Å². The minimum atomic E-state index is -0.367. The topological polar surface area (TPSA) is 43.1 Å². The maximum atomic E-state index is 12.2. The van der Waals surface area contributed by atoms with Crippen molar-refractivity contribution in [2.45, 2.75) is 32.1 Å². The van der Waals surface area contributed by atoms with Gasteiger partial charge in [0.2, 0.25) is 5.91 Å². The number of halogens is 2. The number of amides is 1. The molecular weight excluding hydrogens is 241 g/mol. The first kappa shape index (κ1) is 14.0. The number of rotatable bonds is 1. The molecule has 1 aliphatic carbocycles. The second-order valence-corrected chi connectivity index (χ2v) is 4.56. The van der Waals surface area contributed by atoms with Crippen molar-refractivity contribution in [2.75, 3.05) is 0 Å². The molecule has 1 fully saturated rings. The fraction of sp³-hybridized carbons (Fsp3) is 0.462. The number of benzene rings is 1. The van der Waals surface area contributed by atoms with Crippen LogP contribution in [0.15, 0.2) is 24.3 Å². The van der Waals surface area contributed by atoms with E-state index in [-0.39, 0.29) is 22.7 Å². The van der Waals surface area contributed by atoms with Gasteiger partial charge >= 0.3 is 0 Å². The van der Waals surface area contributed by atoms with E-state index in [1.165, 1.54) is 31.4 Å².